The van der Waals surface area contributed by atoms with E-state index >= 15 is 0 Å². The van der Waals surface area contributed by atoms with Crippen LogP contribution >= 0.6 is 38.9 Å². The quantitative estimate of drug-likeness (QED) is 0.750. The Hall–Kier alpha value is -1.000. The SMILES string of the molecule is O=C(Nc1ccc(Br)cn1)[C@H]1CCCN(S(=O)(=O)c2ccc(Cl)s2)C1. The van der Waals surface area contributed by atoms with E-state index < -0.39 is 15.9 Å². The van der Waals surface area contributed by atoms with E-state index in [4.69, 9.17) is 11.6 Å². The van der Waals surface area contributed by atoms with Gasteiger partial charge in [0.05, 0.1) is 10.3 Å². The zero-order chi connectivity index (χ0) is 18.0. The zero-order valence-electron chi connectivity index (χ0n) is 13.0. The molecule has 1 aliphatic heterocycles. The van der Waals surface area contributed by atoms with Crippen LogP contribution in [-0.2, 0) is 14.8 Å². The molecule has 1 atom stereocenters. The molecule has 10 heteroatoms. The van der Waals surface area contributed by atoms with Crippen molar-refractivity contribution in [2.24, 2.45) is 5.92 Å². The van der Waals surface area contributed by atoms with E-state index in [2.05, 4.69) is 26.2 Å². The average Bonchev–Trinajstić information content (AvgIpc) is 3.04. The Labute approximate surface area is 163 Å². The molecular formula is C15H15BrClN3O3S2. The summed E-state index contributed by atoms with van der Waals surface area (Å²) >= 11 is 10.2. The van der Waals surface area contributed by atoms with Crippen molar-refractivity contribution in [1.29, 1.82) is 0 Å². The number of aromatic nitrogens is 1. The van der Waals surface area contributed by atoms with Gasteiger partial charge in [-0.15, -0.1) is 11.3 Å². The monoisotopic (exact) mass is 463 g/mol. The molecule has 1 N–H and O–H groups in total. The Kier molecular flexibility index (Phi) is 5.79. The minimum absolute atomic E-state index is 0.153. The second kappa shape index (κ2) is 7.71. The second-order valence-corrected chi connectivity index (χ2v) is 10.4. The van der Waals surface area contributed by atoms with Gasteiger partial charge in [0.25, 0.3) is 10.0 Å². The van der Waals surface area contributed by atoms with Crippen molar-refractivity contribution < 1.29 is 13.2 Å². The van der Waals surface area contributed by atoms with Crippen LogP contribution in [-0.4, -0.2) is 36.7 Å². The molecule has 1 amide bonds. The van der Waals surface area contributed by atoms with Crippen LogP contribution in [0.3, 0.4) is 0 Å². The average molecular weight is 465 g/mol. The maximum atomic E-state index is 12.7. The molecule has 0 radical (unpaired) electrons. The number of piperidine rings is 1. The molecular weight excluding hydrogens is 450 g/mol. The Morgan fingerprint density at radius 3 is 2.80 bits per heavy atom. The highest BCUT2D eigenvalue weighted by Crippen LogP contribution is 2.30. The molecule has 2 aromatic rings. The number of anilines is 1. The zero-order valence-corrected chi connectivity index (χ0v) is 17.0. The number of carbonyl (C=O) groups is 1. The largest absolute Gasteiger partial charge is 0.310 e. The Morgan fingerprint density at radius 1 is 1.36 bits per heavy atom. The lowest BCUT2D eigenvalue weighted by Gasteiger charge is -2.30. The van der Waals surface area contributed by atoms with Crippen molar-refractivity contribution in [2.75, 3.05) is 18.4 Å². The number of pyridine rings is 1. The van der Waals surface area contributed by atoms with Crippen molar-refractivity contribution in [2.45, 2.75) is 17.1 Å². The van der Waals surface area contributed by atoms with E-state index in [1.54, 1.807) is 24.4 Å². The van der Waals surface area contributed by atoms with Gasteiger partial charge < -0.3 is 5.32 Å². The first-order valence-electron chi connectivity index (χ1n) is 7.54. The number of nitrogens with zero attached hydrogens (tertiary/aromatic N) is 2. The lowest BCUT2D eigenvalue weighted by molar-refractivity contribution is -0.120. The summed E-state index contributed by atoms with van der Waals surface area (Å²) in [5.41, 5.74) is 0. The highest BCUT2D eigenvalue weighted by Gasteiger charge is 2.34. The molecule has 0 aromatic carbocycles. The molecule has 1 aliphatic rings. The lowest BCUT2D eigenvalue weighted by atomic mass is 9.99. The first kappa shape index (κ1) is 18.8. The van der Waals surface area contributed by atoms with Crippen LogP contribution in [0.5, 0.6) is 0 Å². The first-order valence-corrected chi connectivity index (χ1v) is 11.0. The van der Waals surface area contributed by atoms with E-state index in [0.717, 1.165) is 15.8 Å². The first-order chi connectivity index (χ1) is 11.9. The van der Waals surface area contributed by atoms with Crippen LogP contribution in [0.1, 0.15) is 12.8 Å². The lowest BCUT2D eigenvalue weighted by Crippen LogP contribution is -2.43. The maximum Gasteiger partial charge on any atom is 0.252 e. The fraction of sp³-hybridized carbons (Fsp3) is 0.333. The molecule has 25 heavy (non-hydrogen) atoms. The molecule has 1 saturated heterocycles. The minimum atomic E-state index is -3.62. The number of sulfonamides is 1. The molecule has 0 aliphatic carbocycles. The van der Waals surface area contributed by atoms with Gasteiger partial charge >= 0.3 is 0 Å². The van der Waals surface area contributed by atoms with Crippen LogP contribution in [0.4, 0.5) is 5.82 Å². The second-order valence-electron chi connectivity index (χ2n) is 5.61. The smallest absolute Gasteiger partial charge is 0.252 e. The van der Waals surface area contributed by atoms with E-state index in [-0.39, 0.29) is 16.7 Å². The number of carbonyl (C=O) groups excluding carboxylic acids is 1. The predicted molar refractivity (Wildman–Crippen MR) is 101 cm³/mol. The summed E-state index contributed by atoms with van der Waals surface area (Å²) in [6.07, 6.45) is 2.86. The van der Waals surface area contributed by atoms with Crippen molar-refractivity contribution in [3.8, 4) is 0 Å². The summed E-state index contributed by atoms with van der Waals surface area (Å²) in [6, 6.07) is 6.53. The Morgan fingerprint density at radius 2 is 2.16 bits per heavy atom. The highest BCUT2D eigenvalue weighted by atomic mass is 79.9. The molecule has 6 nitrogen and oxygen atoms in total. The fourth-order valence-electron chi connectivity index (χ4n) is 2.62. The molecule has 134 valence electrons. The number of amides is 1. The number of rotatable bonds is 4. The van der Waals surface area contributed by atoms with E-state index in [1.807, 2.05) is 0 Å². The third kappa shape index (κ3) is 4.40. The van der Waals surface area contributed by atoms with Gasteiger partial charge in [0.1, 0.15) is 10.0 Å². The van der Waals surface area contributed by atoms with Gasteiger partial charge in [0.15, 0.2) is 0 Å². The molecule has 3 heterocycles. The summed E-state index contributed by atoms with van der Waals surface area (Å²) in [5.74, 6) is -0.193. The van der Waals surface area contributed by atoms with Crippen molar-refractivity contribution >= 4 is 60.6 Å². The Bertz CT molecular complexity index is 870. The normalized spacial score (nSPS) is 18.9. The van der Waals surface area contributed by atoms with E-state index in [0.29, 0.717) is 29.5 Å². The van der Waals surface area contributed by atoms with Crippen LogP contribution < -0.4 is 5.32 Å². The van der Waals surface area contributed by atoms with Crippen LogP contribution in [0.15, 0.2) is 39.1 Å². The highest BCUT2D eigenvalue weighted by molar-refractivity contribution is 9.10. The standard InChI is InChI=1S/C15H15BrClN3O3S2/c16-11-3-5-13(18-8-11)19-15(21)10-2-1-7-20(9-10)25(22,23)14-6-4-12(17)24-14/h3-6,8,10H,1-2,7,9H2,(H,18,19,21)/t10-/m0/s1. The number of nitrogens with one attached hydrogen (secondary N) is 1. The summed E-state index contributed by atoms with van der Waals surface area (Å²) in [5, 5.41) is 2.74. The van der Waals surface area contributed by atoms with Gasteiger partial charge in [-0.3, -0.25) is 4.79 Å². The summed E-state index contributed by atoms with van der Waals surface area (Å²) in [7, 11) is -3.62. The number of halogens is 2. The number of thiophene rings is 1. The molecule has 1 fully saturated rings. The molecule has 0 bridgehead atoms. The Balaban J connectivity index is 1.70. The molecule has 0 spiro atoms. The molecule has 3 rings (SSSR count). The van der Waals surface area contributed by atoms with Crippen LogP contribution in [0, 0.1) is 5.92 Å². The molecule has 2 aromatic heterocycles. The van der Waals surface area contributed by atoms with Crippen LogP contribution in [0.2, 0.25) is 4.34 Å². The van der Waals surface area contributed by atoms with E-state index in [1.165, 1.54) is 10.4 Å². The van der Waals surface area contributed by atoms with Gasteiger partial charge in [-0.2, -0.15) is 4.31 Å². The fourth-order valence-corrected chi connectivity index (χ4v) is 6.01. The number of hydrogen-bond donors (Lipinski definition) is 1. The summed E-state index contributed by atoms with van der Waals surface area (Å²) in [4.78, 5) is 16.6. The molecule has 0 unspecified atom stereocenters. The topological polar surface area (TPSA) is 79.4 Å². The van der Waals surface area contributed by atoms with Crippen molar-refractivity contribution in [3.63, 3.8) is 0 Å². The summed E-state index contributed by atoms with van der Waals surface area (Å²) < 4.78 is 28.2. The van der Waals surface area contributed by atoms with Gasteiger partial charge in [-0.25, -0.2) is 13.4 Å². The molecule has 0 saturated carbocycles. The third-order valence-electron chi connectivity index (χ3n) is 3.88. The van der Waals surface area contributed by atoms with Gasteiger partial charge in [0, 0.05) is 23.8 Å². The minimum Gasteiger partial charge on any atom is -0.310 e. The van der Waals surface area contributed by atoms with Gasteiger partial charge in [0.2, 0.25) is 5.91 Å². The van der Waals surface area contributed by atoms with Crippen molar-refractivity contribution in [3.05, 3.63) is 39.3 Å². The third-order valence-corrected chi connectivity index (χ3v) is 7.91. The van der Waals surface area contributed by atoms with Crippen molar-refractivity contribution in [1.82, 2.24) is 9.29 Å². The predicted octanol–water partition coefficient (Wildman–Crippen LogP) is 3.60. The summed E-state index contributed by atoms with van der Waals surface area (Å²) in [6.45, 7) is 0.554. The van der Waals surface area contributed by atoms with Gasteiger partial charge in [-0.1, -0.05) is 11.6 Å². The van der Waals surface area contributed by atoms with E-state index in [9.17, 15) is 13.2 Å². The maximum absolute atomic E-state index is 12.7. The number of hydrogen-bond acceptors (Lipinski definition) is 5. The van der Waals surface area contributed by atoms with Gasteiger partial charge in [-0.05, 0) is 53.0 Å². The van der Waals surface area contributed by atoms with Crippen LogP contribution in [0.25, 0.3) is 0 Å².